The van der Waals surface area contributed by atoms with Crippen LogP contribution < -0.4 is 5.32 Å². The van der Waals surface area contributed by atoms with Gasteiger partial charge in [0, 0.05) is 25.9 Å². The molecule has 1 atom stereocenters. The normalized spacial score (nSPS) is 13.0. The summed E-state index contributed by atoms with van der Waals surface area (Å²) < 4.78 is 27.7. The first-order chi connectivity index (χ1) is 13.8. The summed E-state index contributed by atoms with van der Waals surface area (Å²) in [5.41, 5.74) is 0.973. The number of nitrogens with one attached hydrogen (secondary N) is 1. The molecule has 1 unspecified atom stereocenters. The lowest BCUT2D eigenvalue weighted by Gasteiger charge is -2.18. The van der Waals surface area contributed by atoms with Gasteiger partial charge in [-0.2, -0.15) is 11.8 Å². The Morgan fingerprint density at radius 2 is 2.00 bits per heavy atom. The molecule has 0 aliphatic heterocycles. The van der Waals surface area contributed by atoms with Crippen molar-refractivity contribution in [3.05, 3.63) is 60.0 Å². The average Bonchev–Trinajstić information content (AvgIpc) is 3.15. The Morgan fingerprint density at radius 3 is 2.72 bits per heavy atom. The van der Waals surface area contributed by atoms with Crippen molar-refractivity contribution in [3.63, 3.8) is 0 Å². The van der Waals surface area contributed by atoms with Crippen LogP contribution in [0.1, 0.15) is 28.6 Å². The van der Waals surface area contributed by atoms with Gasteiger partial charge in [0.05, 0.1) is 10.9 Å². The number of pyridine rings is 1. The molecule has 154 valence electrons. The van der Waals surface area contributed by atoms with Gasteiger partial charge in [-0.15, -0.1) is 10.2 Å². The van der Waals surface area contributed by atoms with Crippen LogP contribution in [0.2, 0.25) is 0 Å². The molecular weight excluding hydrogens is 410 g/mol. The van der Waals surface area contributed by atoms with E-state index in [0.717, 1.165) is 10.1 Å². The maximum atomic E-state index is 12.9. The van der Waals surface area contributed by atoms with E-state index in [0.29, 0.717) is 17.9 Å². The van der Waals surface area contributed by atoms with Crippen LogP contribution in [0.5, 0.6) is 0 Å². The maximum absolute atomic E-state index is 12.9. The Balaban J connectivity index is 1.90. The van der Waals surface area contributed by atoms with Crippen LogP contribution in [0, 0.1) is 0 Å². The van der Waals surface area contributed by atoms with Crippen molar-refractivity contribution in [3.8, 4) is 0 Å². The number of nitrogens with zero attached hydrogens (tertiary/aromatic N) is 4. The van der Waals surface area contributed by atoms with E-state index in [2.05, 4.69) is 15.5 Å². The van der Waals surface area contributed by atoms with E-state index in [-0.39, 0.29) is 22.4 Å². The van der Waals surface area contributed by atoms with E-state index < -0.39 is 10.0 Å². The molecule has 0 fully saturated rings. The molecule has 29 heavy (non-hydrogen) atoms. The molecule has 2 aromatic heterocycles. The number of fused-ring (bicyclic) bond motifs is 1. The molecule has 8 nitrogen and oxygen atoms in total. The molecule has 1 amide bonds. The predicted octanol–water partition coefficient (Wildman–Crippen LogP) is 2.20. The number of sulfonamides is 1. The molecular formula is C19H23N5O3S2. The van der Waals surface area contributed by atoms with E-state index in [9.17, 15) is 13.2 Å². The van der Waals surface area contributed by atoms with Gasteiger partial charge in [0.1, 0.15) is 0 Å². The zero-order valence-electron chi connectivity index (χ0n) is 16.4. The molecule has 0 saturated carbocycles. The second-order valence-electron chi connectivity index (χ2n) is 6.61. The number of carbonyl (C=O) groups is 1. The summed E-state index contributed by atoms with van der Waals surface area (Å²) >= 11 is 1.67. The number of hydrogen-bond acceptors (Lipinski definition) is 6. The third-order valence-corrected chi connectivity index (χ3v) is 6.90. The lowest BCUT2D eigenvalue weighted by Crippen LogP contribution is -2.30. The number of benzene rings is 1. The number of aromatic nitrogens is 3. The molecule has 0 saturated heterocycles. The minimum absolute atomic E-state index is 0.0729. The van der Waals surface area contributed by atoms with Crippen LogP contribution in [0.4, 0.5) is 0 Å². The highest BCUT2D eigenvalue weighted by molar-refractivity contribution is 7.98. The Kier molecular flexibility index (Phi) is 6.56. The number of hydrogen-bond donors (Lipinski definition) is 1. The molecule has 3 aromatic rings. The highest BCUT2D eigenvalue weighted by Crippen LogP contribution is 2.20. The molecule has 0 radical (unpaired) electrons. The van der Waals surface area contributed by atoms with Crippen LogP contribution >= 0.6 is 11.8 Å². The monoisotopic (exact) mass is 433 g/mol. The third kappa shape index (κ3) is 4.60. The number of carbonyl (C=O) groups excluding carboxylic acids is 1. The van der Waals surface area contributed by atoms with Gasteiger partial charge < -0.3 is 5.32 Å². The van der Waals surface area contributed by atoms with Crippen molar-refractivity contribution >= 4 is 33.3 Å². The first-order valence-electron chi connectivity index (χ1n) is 8.96. The number of rotatable bonds is 8. The van der Waals surface area contributed by atoms with Crippen LogP contribution in [0.3, 0.4) is 0 Å². The van der Waals surface area contributed by atoms with E-state index in [1.165, 1.54) is 26.2 Å². The molecule has 0 spiro atoms. The van der Waals surface area contributed by atoms with Crippen molar-refractivity contribution in [1.29, 1.82) is 0 Å². The van der Waals surface area contributed by atoms with Crippen molar-refractivity contribution in [2.24, 2.45) is 0 Å². The second-order valence-corrected chi connectivity index (χ2v) is 9.75. The van der Waals surface area contributed by atoms with E-state index in [4.69, 9.17) is 0 Å². The Labute approximate surface area is 174 Å². The van der Waals surface area contributed by atoms with Crippen LogP contribution in [0.25, 0.3) is 5.65 Å². The van der Waals surface area contributed by atoms with Gasteiger partial charge in [0.25, 0.3) is 5.91 Å². The summed E-state index contributed by atoms with van der Waals surface area (Å²) in [4.78, 5) is 13.0. The smallest absolute Gasteiger partial charge is 0.251 e. The highest BCUT2D eigenvalue weighted by Gasteiger charge is 2.23. The largest absolute Gasteiger partial charge is 0.342 e. The summed E-state index contributed by atoms with van der Waals surface area (Å²) in [6.07, 6.45) is 4.52. The van der Waals surface area contributed by atoms with Crippen molar-refractivity contribution in [1.82, 2.24) is 24.2 Å². The summed E-state index contributed by atoms with van der Waals surface area (Å²) in [7, 11) is -0.713. The van der Waals surface area contributed by atoms with Crippen LogP contribution in [-0.2, 0) is 10.0 Å². The van der Waals surface area contributed by atoms with Crippen LogP contribution in [-0.4, -0.2) is 59.3 Å². The molecule has 1 aromatic carbocycles. The Hall–Kier alpha value is -2.43. The quantitative estimate of drug-likeness (QED) is 0.585. The number of thioether (sulfide) groups is 1. The Morgan fingerprint density at radius 1 is 1.21 bits per heavy atom. The fourth-order valence-corrected chi connectivity index (χ4v) is 4.27. The third-order valence-electron chi connectivity index (χ3n) is 4.44. The summed E-state index contributed by atoms with van der Waals surface area (Å²) in [6.45, 7) is 0. The highest BCUT2D eigenvalue weighted by atomic mass is 32.2. The van der Waals surface area contributed by atoms with Crippen molar-refractivity contribution in [2.75, 3.05) is 26.1 Å². The SMILES string of the molecule is CSCCC(NC(=O)c1cccc(S(=O)(=O)N(C)C)c1)c1nnc2ccccn12. The zero-order valence-corrected chi connectivity index (χ0v) is 18.1. The minimum Gasteiger partial charge on any atom is -0.342 e. The molecule has 1 N–H and O–H groups in total. The Bertz CT molecular complexity index is 1110. The van der Waals surface area contributed by atoms with E-state index >= 15 is 0 Å². The van der Waals surface area contributed by atoms with Gasteiger partial charge in [-0.3, -0.25) is 9.20 Å². The van der Waals surface area contributed by atoms with Crippen LogP contribution in [0.15, 0.2) is 53.6 Å². The molecule has 0 aliphatic carbocycles. The predicted molar refractivity (Wildman–Crippen MR) is 114 cm³/mol. The standard InChI is InChI=1S/C19H23N5O3S2/c1-23(2)29(26,27)15-8-6-7-14(13-15)19(25)20-16(10-12-28-3)18-22-21-17-9-4-5-11-24(17)18/h4-9,11,13,16H,10,12H2,1-3H3,(H,20,25). The molecule has 2 heterocycles. The number of amides is 1. The fourth-order valence-electron chi connectivity index (χ4n) is 2.85. The molecule has 0 aliphatic rings. The topological polar surface area (TPSA) is 96.7 Å². The van der Waals surface area contributed by atoms with Gasteiger partial charge >= 0.3 is 0 Å². The van der Waals surface area contributed by atoms with Gasteiger partial charge in [-0.05, 0) is 48.8 Å². The average molecular weight is 434 g/mol. The van der Waals surface area contributed by atoms with E-state index in [1.54, 1.807) is 23.9 Å². The first kappa shape index (κ1) is 21.3. The van der Waals surface area contributed by atoms with Gasteiger partial charge in [-0.25, -0.2) is 12.7 Å². The lowest BCUT2D eigenvalue weighted by molar-refractivity contribution is 0.0933. The molecule has 10 heteroatoms. The molecule has 0 bridgehead atoms. The summed E-state index contributed by atoms with van der Waals surface area (Å²) in [5.74, 6) is 1.10. The zero-order chi connectivity index (χ0) is 21.0. The van der Waals surface area contributed by atoms with Gasteiger partial charge in [-0.1, -0.05) is 12.1 Å². The van der Waals surface area contributed by atoms with Gasteiger partial charge in [0.15, 0.2) is 11.5 Å². The maximum Gasteiger partial charge on any atom is 0.251 e. The first-order valence-corrected chi connectivity index (χ1v) is 11.8. The summed E-state index contributed by atoms with van der Waals surface area (Å²) in [5, 5.41) is 11.4. The van der Waals surface area contributed by atoms with Crippen molar-refractivity contribution < 1.29 is 13.2 Å². The minimum atomic E-state index is -3.62. The fraction of sp³-hybridized carbons (Fsp3) is 0.316. The second kappa shape index (κ2) is 8.93. The van der Waals surface area contributed by atoms with Crippen molar-refractivity contribution in [2.45, 2.75) is 17.4 Å². The lowest BCUT2D eigenvalue weighted by atomic mass is 10.1. The van der Waals surface area contributed by atoms with Gasteiger partial charge in [0.2, 0.25) is 10.0 Å². The molecule has 3 rings (SSSR count). The van der Waals surface area contributed by atoms with E-state index in [1.807, 2.05) is 35.1 Å². The summed E-state index contributed by atoms with van der Waals surface area (Å²) in [6, 6.07) is 11.3.